The fraction of sp³-hybridized carbons (Fsp3) is 0. The SMILES string of the molecule is O=C(c1cc(Br)c(Cl)s1)c1cccc(F)c1F. The molecule has 0 radical (unpaired) electrons. The van der Waals surface area contributed by atoms with Crippen molar-refractivity contribution in [2.24, 2.45) is 0 Å². The molecule has 17 heavy (non-hydrogen) atoms. The molecule has 1 aromatic carbocycles. The van der Waals surface area contributed by atoms with E-state index < -0.39 is 17.4 Å². The predicted molar refractivity (Wildman–Crippen MR) is 66.8 cm³/mol. The van der Waals surface area contributed by atoms with E-state index in [-0.39, 0.29) is 10.4 Å². The Labute approximate surface area is 113 Å². The largest absolute Gasteiger partial charge is 0.288 e. The van der Waals surface area contributed by atoms with Crippen molar-refractivity contribution in [3.8, 4) is 0 Å². The lowest BCUT2D eigenvalue weighted by molar-refractivity contribution is 0.103. The van der Waals surface area contributed by atoms with Gasteiger partial charge in [-0.15, -0.1) is 11.3 Å². The summed E-state index contributed by atoms with van der Waals surface area (Å²) in [5, 5.41) is 0. The standard InChI is InChI=1S/C11H4BrClF2OS/c12-6-4-8(17-11(6)13)10(16)5-2-1-3-7(14)9(5)15/h1-4H. The first-order valence-corrected chi connectivity index (χ1v) is 6.43. The minimum atomic E-state index is -1.14. The minimum absolute atomic E-state index is 0.256. The third-order valence-corrected chi connectivity index (χ3v) is 4.54. The summed E-state index contributed by atoms with van der Waals surface area (Å²) < 4.78 is 27.3. The fourth-order valence-corrected chi connectivity index (χ4v) is 2.93. The number of benzene rings is 1. The van der Waals surface area contributed by atoms with E-state index in [1.165, 1.54) is 18.2 Å². The van der Waals surface area contributed by atoms with Gasteiger partial charge in [-0.25, -0.2) is 8.78 Å². The Morgan fingerprint density at radius 3 is 2.65 bits per heavy atom. The molecule has 1 nitrogen and oxygen atoms in total. The van der Waals surface area contributed by atoms with Crippen LogP contribution in [0.2, 0.25) is 4.34 Å². The molecule has 0 bridgehead atoms. The lowest BCUT2D eigenvalue weighted by Crippen LogP contribution is -2.03. The van der Waals surface area contributed by atoms with Crippen LogP contribution in [0.1, 0.15) is 15.2 Å². The second kappa shape index (κ2) is 4.84. The highest BCUT2D eigenvalue weighted by Crippen LogP contribution is 2.33. The van der Waals surface area contributed by atoms with Gasteiger partial charge in [0.15, 0.2) is 11.6 Å². The number of rotatable bonds is 2. The number of hydrogen-bond donors (Lipinski definition) is 0. The molecule has 1 heterocycles. The number of ketones is 1. The van der Waals surface area contributed by atoms with Gasteiger partial charge < -0.3 is 0 Å². The molecule has 6 heteroatoms. The summed E-state index contributed by atoms with van der Waals surface area (Å²) >= 11 is 9.94. The van der Waals surface area contributed by atoms with Crippen molar-refractivity contribution in [3.05, 3.63) is 55.1 Å². The molecule has 2 aromatic rings. The van der Waals surface area contributed by atoms with Gasteiger partial charge >= 0.3 is 0 Å². The molecule has 0 amide bonds. The Morgan fingerprint density at radius 2 is 2.06 bits per heavy atom. The summed E-state index contributed by atoms with van der Waals surface area (Å²) in [6, 6.07) is 4.97. The molecule has 1 aromatic heterocycles. The predicted octanol–water partition coefficient (Wildman–Crippen LogP) is 4.67. The molecule has 0 aliphatic heterocycles. The Balaban J connectivity index is 2.47. The molecular weight excluding hydrogens is 334 g/mol. The number of halogens is 4. The fourth-order valence-electron chi connectivity index (χ4n) is 1.27. The lowest BCUT2D eigenvalue weighted by Gasteiger charge is -2.00. The molecule has 0 fully saturated rings. The van der Waals surface area contributed by atoms with Gasteiger partial charge in [-0.1, -0.05) is 17.7 Å². The maximum atomic E-state index is 13.4. The van der Waals surface area contributed by atoms with E-state index >= 15 is 0 Å². The summed E-state index contributed by atoms with van der Waals surface area (Å²) in [6.07, 6.45) is 0. The van der Waals surface area contributed by atoms with Crippen molar-refractivity contribution < 1.29 is 13.6 Å². The van der Waals surface area contributed by atoms with Crippen molar-refractivity contribution >= 4 is 44.7 Å². The summed E-state index contributed by atoms with van der Waals surface area (Å²) in [5.41, 5.74) is -0.296. The van der Waals surface area contributed by atoms with E-state index in [0.717, 1.165) is 17.4 Å². The first-order chi connectivity index (χ1) is 8.00. The summed E-state index contributed by atoms with van der Waals surface area (Å²) in [6.45, 7) is 0. The Hall–Kier alpha value is -0.780. The first-order valence-electron chi connectivity index (χ1n) is 4.44. The highest BCUT2D eigenvalue weighted by Gasteiger charge is 2.19. The third kappa shape index (κ3) is 2.41. The maximum Gasteiger partial charge on any atom is 0.206 e. The van der Waals surface area contributed by atoms with Crippen molar-refractivity contribution in [1.29, 1.82) is 0 Å². The van der Waals surface area contributed by atoms with Crippen LogP contribution in [-0.4, -0.2) is 5.78 Å². The van der Waals surface area contributed by atoms with E-state index in [2.05, 4.69) is 15.9 Å². The van der Waals surface area contributed by atoms with Gasteiger partial charge in [-0.05, 0) is 34.1 Å². The summed E-state index contributed by atoms with van der Waals surface area (Å²) in [5.74, 6) is -2.77. The average Bonchev–Trinajstić information content (AvgIpc) is 2.62. The lowest BCUT2D eigenvalue weighted by atomic mass is 10.1. The van der Waals surface area contributed by atoms with Gasteiger partial charge in [0.1, 0.15) is 4.34 Å². The zero-order valence-corrected chi connectivity index (χ0v) is 11.3. The van der Waals surface area contributed by atoms with Gasteiger partial charge in [0, 0.05) is 4.47 Å². The van der Waals surface area contributed by atoms with Crippen LogP contribution in [0, 0.1) is 11.6 Å². The van der Waals surface area contributed by atoms with Crippen LogP contribution >= 0.6 is 38.9 Å². The van der Waals surface area contributed by atoms with Crippen LogP contribution in [-0.2, 0) is 0 Å². The Kier molecular flexibility index (Phi) is 3.61. The zero-order valence-electron chi connectivity index (χ0n) is 8.14. The minimum Gasteiger partial charge on any atom is -0.288 e. The average molecular weight is 338 g/mol. The molecule has 0 saturated heterocycles. The van der Waals surface area contributed by atoms with E-state index in [0.29, 0.717) is 8.81 Å². The molecule has 0 unspecified atom stereocenters. The number of carbonyl (C=O) groups is 1. The molecule has 0 N–H and O–H groups in total. The molecule has 0 aliphatic carbocycles. The van der Waals surface area contributed by atoms with Crippen molar-refractivity contribution in [2.75, 3.05) is 0 Å². The Morgan fingerprint density at radius 1 is 1.35 bits per heavy atom. The van der Waals surface area contributed by atoms with Gasteiger partial charge in [-0.2, -0.15) is 0 Å². The molecule has 0 atom stereocenters. The highest BCUT2D eigenvalue weighted by molar-refractivity contribution is 9.10. The second-order valence-electron chi connectivity index (χ2n) is 3.16. The topological polar surface area (TPSA) is 17.1 Å². The van der Waals surface area contributed by atoms with E-state index in [4.69, 9.17) is 11.6 Å². The molecule has 88 valence electrons. The molecular formula is C11H4BrClF2OS. The van der Waals surface area contributed by atoms with Crippen LogP contribution in [0.3, 0.4) is 0 Å². The van der Waals surface area contributed by atoms with Crippen molar-refractivity contribution in [3.63, 3.8) is 0 Å². The Bertz CT molecular complexity index is 578. The van der Waals surface area contributed by atoms with E-state index in [1.54, 1.807) is 0 Å². The third-order valence-electron chi connectivity index (χ3n) is 2.07. The maximum absolute atomic E-state index is 13.4. The van der Waals surface area contributed by atoms with Crippen molar-refractivity contribution in [2.45, 2.75) is 0 Å². The summed E-state index contributed by atoms with van der Waals surface area (Å²) in [4.78, 5) is 12.2. The van der Waals surface area contributed by atoms with Gasteiger partial charge in [0.05, 0.1) is 10.4 Å². The number of thiophene rings is 1. The van der Waals surface area contributed by atoms with Gasteiger partial charge in [0.2, 0.25) is 5.78 Å². The number of hydrogen-bond acceptors (Lipinski definition) is 2. The molecule has 0 aliphatic rings. The second-order valence-corrected chi connectivity index (χ2v) is 5.67. The summed E-state index contributed by atoms with van der Waals surface area (Å²) in [7, 11) is 0. The first kappa shape index (κ1) is 12.7. The van der Waals surface area contributed by atoms with Gasteiger partial charge in [0.25, 0.3) is 0 Å². The monoisotopic (exact) mass is 336 g/mol. The number of carbonyl (C=O) groups excluding carboxylic acids is 1. The van der Waals surface area contributed by atoms with Crippen molar-refractivity contribution in [1.82, 2.24) is 0 Å². The molecule has 2 rings (SSSR count). The molecule has 0 spiro atoms. The zero-order chi connectivity index (χ0) is 12.6. The van der Waals surface area contributed by atoms with Crippen LogP contribution < -0.4 is 0 Å². The van der Waals surface area contributed by atoms with Crippen LogP contribution in [0.4, 0.5) is 8.78 Å². The smallest absolute Gasteiger partial charge is 0.206 e. The quantitative estimate of drug-likeness (QED) is 0.728. The van der Waals surface area contributed by atoms with E-state index in [1.807, 2.05) is 0 Å². The van der Waals surface area contributed by atoms with Crippen LogP contribution in [0.15, 0.2) is 28.7 Å². The van der Waals surface area contributed by atoms with Gasteiger partial charge in [-0.3, -0.25) is 4.79 Å². The normalized spacial score (nSPS) is 10.6. The molecule has 0 saturated carbocycles. The van der Waals surface area contributed by atoms with E-state index in [9.17, 15) is 13.6 Å². The van der Waals surface area contributed by atoms with Crippen LogP contribution in [0.5, 0.6) is 0 Å². The van der Waals surface area contributed by atoms with Crippen LogP contribution in [0.25, 0.3) is 0 Å². The highest BCUT2D eigenvalue weighted by atomic mass is 79.9.